The van der Waals surface area contributed by atoms with Crippen LogP contribution in [0.3, 0.4) is 0 Å². The van der Waals surface area contributed by atoms with Crippen molar-refractivity contribution in [1.29, 1.82) is 0 Å². The molecule has 2 heteroatoms. The van der Waals surface area contributed by atoms with Gasteiger partial charge in [-0.15, -0.1) is 11.8 Å². The second-order valence-corrected chi connectivity index (χ2v) is 4.86. The van der Waals surface area contributed by atoms with Gasteiger partial charge in [-0.1, -0.05) is 24.6 Å². The molecule has 0 spiro atoms. The first-order valence-corrected chi connectivity index (χ1v) is 6.35. The molecule has 0 amide bonds. The summed E-state index contributed by atoms with van der Waals surface area (Å²) in [5.41, 5.74) is 0. The van der Waals surface area contributed by atoms with Gasteiger partial charge in [0.25, 0.3) is 0 Å². The molecule has 1 nitrogen and oxygen atoms in total. The average molecular weight is 207 g/mol. The van der Waals surface area contributed by atoms with E-state index in [9.17, 15) is 0 Å². The van der Waals surface area contributed by atoms with E-state index in [0.717, 1.165) is 6.04 Å². The molecular formula is C12H17NS. The van der Waals surface area contributed by atoms with Crippen LogP contribution in [0.15, 0.2) is 35.2 Å². The molecular weight excluding hydrogens is 190 g/mol. The van der Waals surface area contributed by atoms with Gasteiger partial charge in [-0.3, -0.25) is 0 Å². The summed E-state index contributed by atoms with van der Waals surface area (Å²) in [5.74, 6) is 1.21. The summed E-state index contributed by atoms with van der Waals surface area (Å²) < 4.78 is 0. The van der Waals surface area contributed by atoms with Crippen molar-refractivity contribution in [3.05, 3.63) is 30.3 Å². The van der Waals surface area contributed by atoms with Gasteiger partial charge >= 0.3 is 0 Å². The fourth-order valence-electron chi connectivity index (χ4n) is 1.78. The summed E-state index contributed by atoms with van der Waals surface area (Å²) in [6.45, 7) is 1.21. The third-order valence-electron chi connectivity index (χ3n) is 2.61. The number of nitrogens with one attached hydrogen (secondary N) is 1. The van der Waals surface area contributed by atoms with Crippen LogP contribution in [0.4, 0.5) is 0 Å². The highest BCUT2D eigenvalue weighted by molar-refractivity contribution is 7.99. The van der Waals surface area contributed by atoms with Gasteiger partial charge in [0.2, 0.25) is 0 Å². The second kappa shape index (κ2) is 5.42. The lowest BCUT2D eigenvalue weighted by atomic mass is 10.1. The Morgan fingerprint density at radius 1 is 1.21 bits per heavy atom. The largest absolute Gasteiger partial charge is 0.313 e. The van der Waals surface area contributed by atoms with Crippen molar-refractivity contribution < 1.29 is 0 Å². The summed E-state index contributed by atoms with van der Waals surface area (Å²) in [5, 5.41) is 3.57. The van der Waals surface area contributed by atoms with E-state index in [-0.39, 0.29) is 0 Å². The molecule has 2 rings (SSSR count). The van der Waals surface area contributed by atoms with Crippen LogP contribution in [0, 0.1) is 0 Å². The third-order valence-corrected chi connectivity index (χ3v) is 3.78. The van der Waals surface area contributed by atoms with E-state index in [1.165, 1.54) is 36.5 Å². The maximum Gasteiger partial charge on any atom is 0.0161 e. The van der Waals surface area contributed by atoms with Gasteiger partial charge in [-0.05, 0) is 31.5 Å². The maximum absolute atomic E-state index is 3.57. The molecule has 0 aromatic heterocycles. The van der Waals surface area contributed by atoms with Crippen LogP contribution >= 0.6 is 11.8 Å². The SMILES string of the molecule is c1ccc(SCC2CCCCN2)cc1. The number of hydrogen-bond donors (Lipinski definition) is 1. The molecule has 14 heavy (non-hydrogen) atoms. The van der Waals surface area contributed by atoms with Gasteiger partial charge in [-0.2, -0.15) is 0 Å². The molecule has 1 aliphatic heterocycles. The zero-order chi connectivity index (χ0) is 9.64. The van der Waals surface area contributed by atoms with Crippen LogP contribution < -0.4 is 5.32 Å². The van der Waals surface area contributed by atoms with E-state index in [4.69, 9.17) is 0 Å². The number of piperidine rings is 1. The highest BCUT2D eigenvalue weighted by atomic mass is 32.2. The number of thioether (sulfide) groups is 1. The Kier molecular flexibility index (Phi) is 3.90. The van der Waals surface area contributed by atoms with Gasteiger partial charge < -0.3 is 5.32 Å². The topological polar surface area (TPSA) is 12.0 Å². The van der Waals surface area contributed by atoms with Crippen LogP contribution in [-0.2, 0) is 0 Å². The van der Waals surface area contributed by atoms with Crippen LogP contribution in [0.25, 0.3) is 0 Å². The minimum atomic E-state index is 0.731. The Bertz CT molecular complexity index is 254. The fraction of sp³-hybridized carbons (Fsp3) is 0.500. The van der Waals surface area contributed by atoms with Crippen molar-refractivity contribution in [2.75, 3.05) is 12.3 Å². The average Bonchev–Trinajstić information content (AvgIpc) is 2.29. The first kappa shape index (κ1) is 10.1. The monoisotopic (exact) mass is 207 g/mol. The summed E-state index contributed by atoms with van der Waals surface area (Å²) in [6, 6.07) is 11.4. The standard InChI is InChI=1S/C12H17NS/c1-2-7-12(8-3-1)14-10-11-6-4-5-9-13-11/h1-3,7-8,11,13H,4-6,9-10H2. The quantitative estimate of drug-likeness (QED) is 0.765. The van der Waals surface area contributed by atoms with Crippen LogP contribution in [0.2, 0.25) is 0 Å². The molecule has 0 aliphatic carbocycles. The number of benzene rings is 1. The fourth-order valence-corrected chi connectivity index (χ4v) is 2.81. The molecule has 0 bridgehead atoms. The van der Waals surface area contributed by atoms with Crippen LogP contribution in [0.5, 0.6) is 0 Å². The van der Waals surface area contributed by atoms with Crippen molar-refractivity contribution in [3.63, 3.8) is 0 Å². The number of hydrogen-bond acceptors (Lipinski definition) is 2. The van der Waals surface area contributed by atoms with Crippen LogP contribution in [-0.4, -0.2) is 18.3 Å². The molecule has 1 saturated heterocycles. The molecule has 0 radical (unpaired) electrons. The predicted octanol–water partition coefficient (Wildman–Crippen LogP) is 2.92. The summed E-state index contributed by atoms with van der Waals surface area (Å²) in [4.78, 5) is 1.39. The minimum absolute atomic E-state index is 0.731. The smallest absolute Gasteiger partial charge is 0.0161 e. The lowest BCUT2D eigenvalue weighted by Gasteiger charge is -2.22. The van der Waals surface area contributed by atoms with E-state index in [1.54, 1.807) is 0 Å². The zero-order valence-corrected chi connectivity index (χ0v) is 9.22. The maximum atomic E-state index is 3.57. The number of rotatable bonds is 3. The van der Waals surface area contributed by atoms with Crippen molar-refractivity contribution in [2.45, 2.75) is 30.2 Å². The molecule has 1 atom stereocenters. The minimum Gasteiger partial charge on any atom is -0.313 e. The summed E-state index contributed by atoms with van der Waals surface area (Å²) in [6.07, 6.45) is 4.10. The first-order valence-electron chi connectivity index (χ1n) is 5.36. The molecule has 1 N–H and O–H groups in total. The Hall–Kier alpha value is -0.470. The van der Waals surface area contributed by atoms with Crippen molar-refractivity contribution in [2.24, 2.45) is 0 Å². The van der Waals surface area contributed by atoms with Gasteiger partial charge in [0, 0.05) is 16.7 Å². The molecule has 1 aromatic carbocycles. The van der Waals surface area contributed by atoms with E-state index in [1.807, 2.05) is 11.8 Å². The van der Waals surface area contributed by atoms with Gasteiger partial charge in [0.05, 0.1) is 0 Å². The summed E-state index contributed by atoms with van der Waals surface area (Å²) >= 11 is 1.96. The Morgan fingerprint density at radius 2 is 2.07 bits per heavy atom. The van der Waals surface area contributed by atoms with E-state index >= 15 is 0 Å². The van der Waals surface area contributed by atoms with Gasteiger partial charge in [0.15, 0.2) is 0 Å². The zero-order valence-electron chi connectivity index (χ0n) is 8.41. The molecule has 1 heterocycles. The van der Waals surface area contributed by atoms with Crippen molar-refractivity contribution >= 4 is 11.8 Å². The van der Waals surface area contributed by atoms with Crippen LogP contribution in [0.1, 0.15) is 19.3 Å². The Balaban J connectivity index is 1.76. The molecule has 1 aliphatic rings. The van der Waals surface area contributed by atoms with Crippen molar-refractivity contribution in [1.82, 2.24) is 5.32 Å². The lowest BCUT2D eigenvalue weighted by Crippen LogP contribution is -2.35. The Labute approximate surface area is 90.3 Å². The normalized spacial score (nSPS) is 22.1. The van der Waals surface area contributed by atoms with E-state index < -0.39 is 0 Å². The highest BCUT2D eigenvalue weighted by Crippen LogP contribution is 2.20. The summed E-state index contributed by atoms with van der Waals surface area (Å²) in [7, 11) is 0. The van der Waals surface area contributed by atoms with E-state index in [0.29, 0.717) is 0 Å². The van der Waals surface area contributed by atoms with Gasteiger partial charge in [0.1, 0.15) is 0 Å². The highest BCUT2D eigenvalue weighted by Gasteiger charge is 2.11. The third kappa shape index (κ3) is 3.03. The molecule has 1 fully saturated rings. The molecule has 76 valence electrons. The van der Waals surface area contributed by atoms with Gasteiger partial charge in [-0.25, -0.2) is 0 Å². The lowest BCUT2D eigenvalue weighted by molar-refractivity contribution is 0.430. The second-order valence-electron chi connectivity index (χ2n) is 3.77. The molecule has 1 aromatic rings. The Morgan fingerprint density at radius 3 is 2.79 bits per heavy atom. The first-order chi connectivity index (χ1) is 6.95. The molecule has 1 unspecified atom stereocenters. The van der Waals surface area contributed by atoms with E-state index in [2.05, 4.69) is 35.6 Å². The predicted molar refractivity (Wildman–Crippen MR) is 62.8 cm³/mol. The van der Waals surface area contributed by atoms with Crippen molar-refractivity contribution in [3.8, 4) is 0 Å². The molecule has 0 saturated carbocycles.